The fraction of sp³-hybridized carbons (Fsp3) is 0.375. The molecule has 1 heterocycles. The lowest BCUT2D eigenvalue weighted by atomic mass is 10.3. The smallest absolute Gasteiger partial charge is 0.364 e. The Kier molecular flexibility index (Phi) is 3.43. The maximum absolute atomic E-state index is 12.1. The number of nitrogens with zero attached hydrogens (tertiary/aromatic N) is 1. The van der Waals surface area contributed by atoms with Crippen LogP contribution in [-0.2, 0) is 6.18 Å². The normalized spacial score (nSPS) is 11.9. The number of nitrogens with one attached hydrogen (secondary N) is 1. The van der Waals surface area contributed by atoms with Crippen LogP contribution in [0.5, 0.6) is 0 Å². The molecule has 1 rings (SSSR count). The summed E-state index contributed by atoms with van der Waals surface area (Å²) in [5.41, 5.74) is -0.912. The first-order chi connectivity index (χ1) is 6.89. The summed E-state index contributed by atoms with van der Waals surface area (Å²) in [4.78, 5) is 3.35. The average molecular weight is 226 g/mol. The van der Waals surface area contributed by atoms with Gasteiger partial charge in [-0.3, -0.25) is 0 Å². The van der Waals surface area contributed by atoms with Crippen LogP contribution in [0.25, 0.3) is 0 Å². The van der Waals surface area contributed by atoms with E-state index < -0.39 is 24.7 Å². The molecule has 0 radical (unpaired) electrons. The highest BCUT2D eigenvalue weighted by molar-refractivity contribution is 5.36. The van der Waals surface area contributed by atoms with Crippen LogP contribution < -0.4 is 5.32 Å². The summed E-state index contributed by atoms with van der Waals surface area (Å²) in [7, 11) is 0. The molecule has 0 aliphatic carbocycles. The van der Waals surface area contributed by atoms with Gasteiger partial charge in [0.25, 0.3) is 6.43 Å². The second-order valence-electron chi connectivity index (χ2n) is 2.70. The fourth-order valence-corrected chi connectivity index (χ4v) is 0.848. The zero-order valence-corrected chi connectivity index (χ0v) is 7.35. The molecule has 0 saturated carbocycles. The third-order valence-corrected chi connectivity index (χ3v) is 1.53. The van der Waals surface area contributed by atoms with Gasteiger partial charge in [0.1, 0.15) is 5.82 Å². The first kappa shape index (κ1) is 11.7. The van der Waals surface area contributed by atoms with Crippen LogP contribution in [0.4, 0.5) is 27.8 Å². The predicted molar refractivity (Wildman–Crippen MR) is 43.7 cm³/mol. The molecule has 0 aliphatic heterocycles. The van der Waals surface area contributed by atoms with Gasteiger partial charge in [-0.1, -0.05) is 0 Å². The van der Waals surface area contributed by atoms with Crippen molar-refractivity contribution < 1.29 is 22.0 Å². The van der Waals surface area contributed by atoms with Gasteiger partial charge < -0.3 is 5.32 Å². The molecule has 0 spiro atoms. The summed E-state index contributed by atoms with van der Waals surface area (Å²) in [6.45, 7) is -0.641. The SMILES string of the molecule is FC(F)CNc1ccc(C(F)(F)F)cn1. The number of pyridine rings is 1. The Balaban J connectivity index is 2.65. The van der Waals surface area contributed by atoms with Crippen LogP contribution >= 0.6 is 0 Å². The van der Waals surface area contributed by atoms with Gasteiger partial charge in [0.2, 0.25) is 0 Å². The molecule has 1 aromatic heterocycles. The summed E-state index contributed by atoms with van der Waals surface area (Å²) in [5, 5.41) is 2.19. The summed E-state index contributed by atoms with van der Waals surface area (Å²) in [6, 6.07) is 1.78. The number of halogens is 5. The van der Waals surface area contributed by atoms with Crippen molar-refractivity contribution in [3.8, 4) is 0 Å². The van der Waals surface area contributed by atoms with Crippen molar-refractivity contribution in [1.29, 1.82) is 0 Å². The summed E-state index contributed by atoms with van der Waals surface area (Å²) < 4.78 is 59.6. The Morgan fingerprint density at radius 2 is 1.93 bits per heavy atom. The fourth-order valence-electron chi connectivity index (χ4n) is 0.848. The Labute approximate surface area is 82.1 Å². The van der Waals surface area contributed by atoms with Gasteiger partial charge in [-0.2, -0.15) is 13.2 Å². The van der Waals surface area contributed by atoms with E-state index in [2.05, 4.69) is 10.3 Å². The molecule has 0 saturated heterocycles. The van der Waals surface area contributed by atoms with E-state index >= 15 is 0 Å². The van der Waals surface area contributed by atoms with Crippen molar-refractivity contribution in [2.24, 2.45) is 0 Å². The van der Waals surface area contributed by atoms with Gasteiger partial charge in [-0.05, 0) is 12.1 Å². The molecule has 0 atom stereocenters. The van der Waals surface area contributed by atoms with Gasteiger partial charge in [0, 0.05) is 6.20 Å². The zero-order valence-electron chi connectivity index (χ0n) is 7.35. The van der Waals surface area contributed by atoms with Crippen molar-refractivity contribution >= 4 is 5.82 Å². The van der Waals surface area contributed by atoms with Crippen LogP contribution in [-0.4, -0.2) is 18.0 Å². The minimum atomic E-state index is -4.46. The summed E-state index contributed by atoms with van der Waals surface area (Å²) in [6.07, 6.45) is -6.45. The third-order valence-electron chi connectivity index (χ3n) is 1.53. The van der Waals surface area contributed by atoms with Gasteiger partial charge in [0.15, 0.2) is 0 Å². The minimum Gasteiger partial charge on any atom is -0.364 e. The lowest BCUT2D eigenvalue weighted by Gasteiger charge is -2.07. The van der Waals surface area contributed by atoms with E-state index in [1.165, 1.54) is 0 Å². The highest BCUT2D eigenvalue weighted by atomic mass is 19.4. The molecule has 2 nitrogen and oxygen atoms in total. The molecule has 15 heavy (non-hydrogen) atoms. The molecule has 1 aromatic rings. The van der Waals surface area contributed by atoms with Crippen LogP contribution in [0, 0.1) is 0 Å². The van der Waals surface area contributed by atoms with Crippen LogP contribution in [0.15, 0.2) is 18.3 Å². The Morgan fingerprint density at radius 1 is 1.27 bits per heavy atom. The van der Waals surface area contributed by atoms with Gasteiger partial charge in [-0.15, -0.1) is 0 Å². The van der Waals surface area contributed by atoms with Crippen molar-refractivity contribution in [2.45, 2.75) is 12.6 Å². The quantitative estimate of drug-likeness (QED) is 0.801. The number of aromatic nitrogens is 1. The van der Waals surface area contributed by atoms with E-state index in [4.69, 9.17) is 0 Å². The lowest BCUT2D eigenvalue weighted by molar-refractivity contribution is -0.137. The van der Waals surface area contributed by atoms with Gasteiger partial charge >= 0.3 is 6.18 Å². The highest BCUT2D eigenvalue weighted by Gasteiger charge is 2.30. The molecule has 7 heteroatoms. The maximum Gasteiger partial charge on any atom is 0.417 e. The van der Waals surface area contributed by atoms with Crippen LogP contribution in [0.1, 0.15) is 5.56 Å². The second-order valence-corrected chi connectivity index (χ2v) is 2.70. The molecule has 84 valence electrons. The van der Waals surface area contributed by atoms with Gasteiger partial charge in [-0.25, -0.2) is 13.8 Å². The molecule has 1 N–H and O–H groups in total. The Hall–Kier alpha value is -1.40. The zero-order chi connectivity index (χ0) is 11.5. The monoisotopic (exact) mass is 226 g/mol. The van der Waals surface area contributed by atoms with Crippen molar-refractivity contribution in [3.05, 3.63) is 23.9 Å². The number of anilines is 1. The Morgan fingerprint density at radius 3 is 2.33 bits per heavy atom. The second kappa shape index (κ2) is 4.41. The Bertz CT molecular complexity index is 306. The van der Waals surface area contributed by atoms with Gasteiger partial charge in [0.05, 0.1) is 12.1 Å². The highest BCUT2D eigenvalue weighted by Crippen LogP contribution is 2.28. The average Bonchev–Trinajstić information content (AvgIpc) is 2.14. The van der Waals surface area contributed by atoms with Crippen molar-refractivity contribution in [2.75, 3.05) is 11.9 Å². The largest absolute Gasteiger partial charge is 0.417 e. The topological polar surface area (TPSA) is 24.9 Å². The van der Waals surface area contributed by atoms with Crippen LogP contribution in [0.3, 0.4) is 0 Å². The third kappa shape index (κ3) is 3.69. The standard InChI is InChI=1S/C8H7F5N2/c9-6(10)4-15-7-2-1-5(3-14-7)8(11,12)13/h1-3,6H,4H2,(H,14,15). The molecule has 0 fully saturated rings. The minimum absolute atomic E-state index is 0.0108. The van der Waals surface area contributed by atoms with E-state index in [-0.39, 0.29) is 5.82 Å². The first-order valence-electron chi connectivity index (χ1n) is 3.95. The van der Waals surface area contributed by atoms with Crippen LogP contribution in [0.2, 0.25) is 0 Å². The molecular formula is C8H7F5N2. The molecule has 0 bridgehead atoms. The van der Waals surface area contributed by atoms with E-state index in [1.54, 1.807) is 0 Å². The molecule has 0 amide bonds. The summed E-state index contributed by atoms with van der Waals surface area (Å²) >= 11 is 0. The summed E-state index contributed by atoms with van der Waals surface area (Å²) in [5.74, 6) is -0.0108. The number of alkyl halides is 5. The van der Waals surface area contributed by atoms with E-state index in [9.17, 15) is 22.0 Å². The van der Waals surface area contributed by atoms with Crippen molar-refractivity contribution in [3.63, 3.8) is 0 Å². The van der Waals surface area contributed by atoms with E-state index in [0.29, 0.717) is 6.20 Å². The molecule has 0 unspecified atom stereocenters. The van der Waals surface area contributed by atoms with E-state index in [0.717, 1.165) is 12.1 Å². The lowest BCUT2D eigenvalue weighted by Crippen LogP contribution is -2.12. The predicted octanol–water partition coefficient (Wildman–Crippen LogP) is 2.78. The number of hydrogen-bond donors (Lipinski definition) is 1. The first-order valence-corrected chi connectivity index (χ1v) is 3.95. The molecule has 0 aromatic carbocycles. The number of hydrogen-bond acceptors (Lipinski definition) is 2. The molecular weight excluding hydrogens is 219 g/mol. The maximum atomic E-state index is 12.1. The van der Waals surface area contributed by atoms with Crippen molar-refractivity contribution in [1.82, 2.24) is 4.98 Å². The van der Waals surface area contributed by atoms with E-state index in [1.807, 2.05) is 0 Å². The molecule has 0 aliphatic rings. The number of rotatable bonds is 3.